The summed E-state index contributed by atoms with van der Waals surface area (Å²) in [4.78, 5) is 35.9. The highest BCUT2D eigenvalue weighted by Crippen LogP contribution is 2.43. The summed E-state index contributed by atoms with van der Waals surface area (Å²) in [7, 11) is 1.46. The molecule has 0 spiro atoms. The fourth-order valence-corrected chi connectivity index (χ4v) is 10.4. The fourth-order valence-electron chi connectivity index (χ4n) is 9.68. The van der Waals surface area contributed by atoms with Gasteiger partial charge in [-0.3, -0.25) is 18.6 Å². The van der Waals surface area contributed by atoms with E-state index in [0.717, 1.165) is 141 Å². The number of esters is 2. The molecule has 0 saturated carbocycles. The summed E-state index contributed by atoms with van der Waals surface area (Å²) >= 11 is 0. The summed E-state index contributed by atoms with van der Waals surface area (Å²) < 4.78 is 34.7. The van der Waals surface area contributed by atoms with Crippen LogP contribution >= 0.6 is 7.82 Å². The van der Waals surface area contributed by atoms with E-state index in [2.05, 4.69) is 184 Å². The molecule has 0 fully saturated rings. The Hall–Kier alpha value is -4.63. The number of ether oxygens (including phenoxy) is 2. The third kappa shape index (κ3) is 74.4. The summed E-state index contributed by atoms with van der Waals surface area (Å²) in [6.07, 6.45) is 107. The molecule has 0 aromatic carbocycles. The van der Waals surface area contributed by atoms with Crippen LogP contribution in [0.15, 0.2) is 170 Å². The van der Waals surface area contributed by atoms with Crippen molar-refractivity contribution in [3.05, 3.63) is 170 Å². The van der Waals surface area contributed by atoms with Crippen LogP contribution in [0.25, 0.3) is 0 Å². The molecule has 0 aromatic rings. The quantitative estimate of drug-likeness (QED) is 0.0211. The molecule has 2 atom stereocenters. The van der Waals surface area contributed by atoms with E-state index in [0.29, 0.717) is 17.4 Å². The maximum absolute atomic E-state index is 12.9. The maximum atomic E-state index is 12.9. The lowest BCUT2D eigenvalue weighted by molar-refractivity contribution is -0.870. The van der Waals surface area contributed by atoms with Crippen LogP contribution in [0.3, 0.4) is 0 Å². The molecule has 0 heterocycles. The number of phosphoric ester groups is 1. The highest BCUT2D eigenvalue weighted by atomic mass is 31.2. The van der Waals surface area contributed by atoms with Crippen molar-refractivity contribution in [1.29, 1.82) is 0 Å². The minimum absolute atomic E-state index is 0.0225. The number of unbranched alkanes of at least 4 members (excludes halogenated alkanes) is 24. The predicted molar refractivity (Wildman–Crippen MR) is 399 cm³/mol. The van der Waals surface area contributed by atoms with Crippen LogP contribution in [-0.2, 0) is 32.7 Å². The van der Waals surface area contributed by atoms with Crippen molar-refractivity contribution in [3.63, 3.8) is 0 Å². The van der Waals surface area contributed by atoms with Crippen molar-refractivity contribution >= 4 is 19.8 Å². The van der Waals surface area contributed by atoms with Gasteiger partial charge in [0.2, 0.25) is 0 Å². The number of phosphoric acid groups is 1. The van der Waals surface area contributed by atoms with E-state index in [9.17, 15) is 19.0 Å². The van der Waals surface area contributed by atoms with Crippen molar-refractivity contribution in [1.82, 2.24) is 0 Å². The maximum Gasteiger partial charge on any atom is 0.472 e. The van der Waals surface area contributed by atoms with Crippen molar-refractivity contribution in [3.8, 4) is 0 Å². The van der Waals surface area contributed by atoms with Gasteiger partial charge in [0, 0.05) is 12.8 Å². The minimum atomic E-state index is -4.41. The smallest absolute Gasteiger partial charge is 0.462 e. The Labute approximate surface area is 566 Å². The van der Waals surface area contributed by atoms with E-state index in [1.807, 2.05) is 21.1 Å². The van der Waals surface area contributed by atoms with Crippen molar-refractivity contribution in [2.45, 2.75) is 290 Å². The summed E-state index contributed by atoms with van der Waals surface area (Å²) in [5.41, 5.74) is 0. The van der Waals surface area contributed by atoms with Gasteiger partial charge < -0.3 is 18.9 Å². The summed E-state index contributed by atoms with van der Waals surface area (Å²) in [5, 5.41) is 0. The van der Waals surface area contributed by atoms with Crippen molar-refractivity contribution in [2.24, 2.45) is 0 Å². The number of hydrogen-bond donors (Lipinski definition) is 1. The number of allylic oxidation sites excluding steroid dienone is 28. The Morgan fingerprint density at radius 2 is 0.587 bits per heavy atom. The molecule has 0 radical (unpaired) electrons. The molecule has 1 N–H and O–H groups in total. The molecule has 0 rings (SSSR count). The molecule has 0 aromatic heterocycles. The summed E-state index contributed by atoms with van der Waals surface area (Å²) in [5.74, 6) is -0.814. The highest BCUT2D eigenvalue weighted by molar-refractivity contribution is 7.47. The lowest BCUT2D eigenvalue weighted by atomic mass is 10.0. The van der Waals surface area contributed by atoms with Crippen LogP contribution in [0.4, 0.5) is 0 Å². The van der Waals surface area contributed by atoms with E-state index in [-0.39, 0.29) is 32.0 Å². The predicted octanol–water partition coefficient (Wildman–Crippen LogP) is 24.5. The van der Waals surface area contributed by atoms with Gasteiger partial charge in [0.15, 0.2) is 6.10 Å². The van der Waals surface area contributed by atoms with E-state index in [1.165, 1.54) is 109 Å². The largest absolute Gasteiger partial charge is 0.472 e. The van der Waals surface area contributed by atoms with E-state index >= 15 is 0 Å². The van der Waals surface area contributed by atoms with E-state index < -0.39 is 26.5 Å². The van der Waals surface area contributed by atoms with Crippen LogP contribution in [0.1, 0.15) is 284 Å². The number of likely N-dealkylation sites (N-methyl/N-ethyl adjacent to an activating group) is 1. The van der Waals surface area contributed by atoms with E-state index in [1.54, 1.807) is 0 Å². The SMILES string of the molecule is CC/C=C\C/C=C\C/C=C\C/C=C\C/C=C\C/C=C\C/C=C\CCCCCCCCCCCCCCCCCCCC(=O)OC(COC(=O)CCCCCCCCC/C=C\C/C=C\C/C=C\C/C=C\C/C=C\C/C=C\C/C=C\CC)COP(=O)(O)OCC[N+](C)(C)C. The molecule has 0 aliphatic rings. The monoisotopic (exact) mass is 1300 g/mol. The zero-order valence-corrected chi connectivity index (χ0v) is 60.4. The number of hydrogen-bond acceptors (Lipinski definition) is 7. The van der Waals surface area contributed by atoms with Crippen LogP contribution in [-0.4, -0.2) is 74.9 Å². The molecule has 0 saturated heterocycles. The molecule has 0 amide bonds. The topological polar surface area (TPSA) is 108 Å². The molecule has 0 bridgehead atoms. The second kappa shape index (κ2) is 70.7. The third-order valence-electron chi connectivity index (χ3n) is 15.2. The van der Waals surface area contributed by atoms with Gasteiger partial charge in [-0.2, -0.15) is 0 Å². The standard InChI is InChI=1S/C82H136NO8P/c1-6-8-10-12-14-16-18-20-22-24-26-28-30-32-34-36-37-38-39-40-41-42-43-44-45-47-49-51-53-55-57-59-61-63-65-67-69-71-73-75-82(85)91-80(79-90-92(86,87)89-77-76-83(3,4)5)78-88-81(84)74-72-70-68-66-64-62-60-58-56-54-52-50-48-46-35-33-31-29-27-25-23-21-19-17-15-13-11-9-7-2/h8-11,14-17,20-23,26-29,32-35,37-38,40-41,48,50,54,56,80H,6-7,12-13,18-19,24-25,30-31,36,39,42-47,49,51-53,55,57-79H2,1-5H3/p+1/b10-8-,11-9-,16-14-,17-15-,22-20-,23-21-,28-26-,29-27-,34-32-,35-33-,38-37-,41-40-,50-48-,56-54-. The lowest BCUT2D eigenvalue weighted by Crippen LogP contribution is -2.37. The molecule has 522 valence electrons. The molecular weight excluding hydrogens is 1160 g/mol. The van der Waals surface area contributed by atoms with Gasteiger partial charge in [-0.15, -0.1) is 0 Å². The first kappa shape index (κ1) is 87.4. The minimum Gasteiger partial charge on any atom is -0.462 e. The Morgan fingerprint density at radius 1 is 0.337 bits per heavy atom. The number of carbonyl (C=O) groups excluding carboxylic acids is 2. The summed E-state index contributed by atoms with van der Waals surface area (Å²) in [6.45, 7) is 4.19. The van der Waals surface area contributed by atoms with Gasteiger partial charge in [-0.25, -0.2) is 4.57 Å². The third-order valence-corrected chi connectivity index (χ3v) is 16.2. The number of carbonyl (C=O) groups is 2. The van der Waals surface area contributed by atoms with Crippen molar-refractivity contribution in [2.75, 3.05) is 47.5 Å². The lowest BCUT2D eigenvalue weighted by Gasteiger charge is -2.24. The Bertz CT molecular complexity index is 2160. The average Bonchev–Trinajstić information content (AvgIpc) is 2.14. The van der Waals surface area contributed by atoms with Crippen molar-refractivity contribution < 1.29 is 42.1 Å². The van der Waals surface area contributed by atoms with Gasteiger partial charge in [0.25, 0.3) is 0 Å². The molecule has 10 heteroatoms. The Balaban J connectivity index is 4.07. The van der Waals surface area contributed by atoms with Gasteiger partial charge in [-0.1, -0.05) is 312 Å². The van der Waals surface area contributed by atoms with Gasteiger partial charge >= 0.3 is 19.8 Å². The molecule has 0 aliphatic heterocycles. The summed E-state index contributed by atoms with van der Waals surface area (Å²) in [6, 6.07) is 0. The fraction of sp³-hybridized carbons (Fsp3) is 0.634. The average molecular weight is 1300 g/mol. The molecule has 2 unspecified atom stereocenters. The first-order valence-electron chi connectivity index (χ1n) is 36.9. The molecule has 9 nitrogen and oxygen atoms in total. The Kier molecular flexibility index (Phi) is 67.1. The number of quaternary nitrogens is 1. The molecule has 0 aliphatic carbocycles. The number of nitrogens with zero attached hydrogens (tertiary/aromatic N) is 1. The second-order valence-corrected chi connectivity index (χ2v) is 26.7. The van der Waals surface area contributed by atoms with Gasteiger partial charge in [-0.05, 0) is 128 Å². The first-order chi connectivity index (χ1) is 45.0. The molecular formula is C82H137NO8P+. The van der Waals surface area contributed by atoms with Crippen LogP contribution < -0.4 is 0 Å². The first-order valence-corrected chi connectivity index (χ1v) is 38.4. The zero-order chi connectivity index (χ0) is 66.9. The highest BCUT2D eigenvalue weighted by Gasteiger charge is 2.27. The van der Waals surface area contributed by atoms with Crippen LogP contribution in [0.5, 0.6) is 0 Å². The second-order valence-electron chi connectivity index (χ2n) is 25.2. The van der Waals surface area contributed by atoms with E-state index in [4.69, 9.17) is 18.5 Å². The molecule has 92 heavy (non-hydrogen) atoms. The van der Waals surface area contributed by atoms with Crippen LogP contribution in [0, 0.1) is 0 Å². The zero-order valence-electron chi connectivity index (χ0n) is 59.5. The Morgan fingerprint density at radius 3 is 0.870 bits per heavy atom. The van der Waals surface area contributed by atoms with Gasteiger partial charge in [0.05, 0.1) is 27.7 Å². The normalized spacial score (nSPS) is 14.1. The number of rotatable bonds is 66. The van der Waals surface area contributed by atoms with Crippen LogP contribution in [0.2, 0.25) is 0 Å². The van der Waals surface area contributed by atoms with Gasteiger partial charge in [0.1, 0.15) is 19.8 Å².